The summed E-state index contributed by atoms with van der Waals surface area (Å²) in [5.41, 5.74) is 1.19. The molecule has 0 saturated heterocycles. The third-order valence-electron chi connectivity index (χ3n) is 3.23. The molecule has 5 nitrogen and oxygen atoms in total. The predicted molar refractivity (Wildman–Crippen MR) is 115 cm³/mol. The summed E-state index contributed by atoms with van der Waals surface area (Å²) in [5.74, 6) is 1.24. The normalized spacial score (nSPS) is 11.0. The fourth-order valence-electron chi connectivity index (χ4n) is 1.83. The molecule has 0 saturated carbocycles. The third kappa shape index (κ3) is 8.86. The van der Waals surface area contributed by atoms with Crippen LogP contribution in [0, 0.1) is 5.92 Å². The zero-order valence-electron chi connectivity index (χ0n) is 15.0. The smallest absolute Gasteiger partial charge is 0.243 e. The maximum atomic E-state index is 11.8. The van der Waals surface area contributed by atoms with E-state index >= 15 is 0 Å². The van der Waals surface area contributed by atoms with Crippen LogP contribution in [0.4, 0.5) is 0 Å². The molecule has 0 aliphatic carbocycles. The van der Waals surface area contributed by atoms with Crippen molar-refractivity contribution in [3.8, 4) is 0 Å². The van der Waals surface area contributed by atoms with Gasteiger partial charge in [-0.15, -0.1) is 24.0 Å². The number of rotatable bonds is 6. The van der Waals surface area contributed by atoms with Crippen molar-refractivity contribution in [1.82, 2.24) is 15.1 Å². The van der Waals surface area contributed by atoms with E-state index in [2.05, 4.69) is 52.2 Å². The Morgan fingerprint density at radius 1 is 1.21 bits per heavy atom. The Hall–Kier alpha value is -0.830. The molecule has 0 fully saturated rings. The Bertz CT molecular complexity index is 532. The number of carbonyl (C=O) groups is 1. The van der Waals surface area contributed by atoms with Gasteiger partial charge in [-0.2, -0.15) is 0 Å². The molecule has 0 aliphatic heterocycles. The molecule has 0 radical (unpaired) electrons. The van der Waals surface area contributed by atoms with Crippen molar-refractivity contribution >= 4 is 51.8 Å². The van der Waals surface area contributed by atoms with Crippen LogP contribution in [0.1, 0.15) is 19.4 Å². The Labute approximate surface area is 171 Å². The number of aliphatic imine (C=N–C) groups is 1. The van der Waals surface area contributed by atoms with Gasteiger partial charge in [-0.1, -0.05) is 41.9 Å². The van der Waals surface area contributed by atoms with E-state index < -0.39 is 0 Å². The van der Waals surface area contributed by atoms with Crippen molar-refractivity contribution in [3.05, 3.63) is 34.3 Å². The van der Waals surface area contributed by atoms with E-state index in [9.17, 15) is 4.79 Å². The van der Waals surface area contributed by atoms with Crippen LogP contribution in [-0.4, -0.2) is 55.9 Å². The lowest BCUT2D eigenvalue weighted by atomic mass is 10.2. The number of guanidine groups is 1. The van der Waals surface area contributed by atoms with E-state index in [1.54, 1.807) is 19.0 Å². The first-order valence-corrected chi connectivity index (χ1v) is 8.53. The van der Waals surface area contributed by atoms with Gasteiger partial charge in [0, 0.05) is 38.7 Å². The van der Waals surface area contributed by atoms with Crippen molar-refractivity contribution in [2.75, 3.05) is 34.2 Å². The van der Waals surface area contributed by atoms with Crippen LogP contribution in [0.2, 0.25) is 0 Å². The van der Waals surface area contributed by atoms with Gasteiger partial charge in [0.25, 0.3) is 0 Å². The fraction of sp³-hybridized carbons (Fsp3) is 0.529. The van der Waals surface area contributed by atoms with Crippen LogP contribution < -0.4 is 5.32 Å². The minimum Gasteiger partial charge on any atom is -0.356 e. The lowest BCUT2D eigenvalue weighted by molar-refractivity contribution is -0.127. The van der Waals surface area contributed by atoms with Crippen LogP contribution in [0.25, 0.3) is 0 Å². The Balaban J connectivity index is 0.00000529. The Morgan fingerprint density at radius 2 is 1.79 bits per heavy atom. The SMILES string of the molecule is CC(C)CNC(=NCC(=O)N(C)C)N(C)Cc1ccc(Br)cc1.I. The third-order valence-corrected chi connectivity index (χ3v) is 3.75. The van der Waals surface area contributed by atoms with E-state index in [0.717, 1.165) is 23.5 Å². The zero-order valence-corrected chi connectivity index (χ0v) is 19.0. The summed E-state index contributed by atoms with van der Waals surface area (Å²) >= 11 is 3.44. The average molecular weight is 511 g/mol. The molecule has 136 valence electrons. The molecule has 1 rings (SSSR count). The molecule has 7 heteroatoms. The summed E-state index contributed by atoms with van der Waals surface area (Å²) in [7, 11) is 5.46. The van der Waals surface area contributed by atoms with Crippen LogP contribution >= 0.6 is 39.9 Å². The second-order valence-electron chi connectivity index (χ2n) is 6.19. The molecule has 0 spiro atoms. The average Bonchev–Trinajstić information content (AvgIpc) is 2.48. The molecular weight excluding hydrogens is 483 g/mol. The number of amides is 1. The van der Waals surface area contributed by atoms with Gasteiger partial charge in [-0.3, -0.25) is 4.79 Å². The van der Waals surface area contributed by atoms with Crippen molar-refractivity contribution in [1.29, 1.82) is 0 Å². The number of hydrogen-bond acceptors (Lipinski definition) is 2. The first-order valence-electron chi connectivity index (χ1n) is 7.73. The molecule has 0 heterocycles. The minimum atomic E-state index is -0.00844. The van der Waals surface area contributed by atoms with Gasteiger partial charge >= 0.3 is 0 Å². The minimum absolute atomic E-state index is 0. The van der Waals surface area contributed by atoms with Crippen molar-refractivity contribution in [3.63, 3.8) is 0 Å². The molecule has 1 N–H and O–H groups in total. The number of benzene rings is 1. The molecular formula is C17H28BrIN4O. The van der Waals surface area contributed by atoms with Crippen LogP contribution in [0.3, 0.4) is 0 Å². The monoisotopic (exact) mass is 510 g/mol. The molecule has 0 aromatic heterocycles. The lowest BCUT2D eigenvalue weighted by Crippen LogP contribution is -2.41. The summed E-state index contributed by atoms with van der Waals surface area (Å²) in [6.45, 7) is 5.99. The van der Waals surface area contributed by atoms with E-state index in [4.69, 9.17) is 0 Å². The van der Waals surface area contributed by atoms with Crippen LogP contribution in [0.5, 0.6) is 0 Å². The Morgan fingerprint density at radius 3 is 2.29 bits per heavy atom. The highest BCUT2D eigenvalue weighted by Gasteiger charge is 2.10. The quantitative estimate of drug-likeness (QED) is 0.363. The summed E-state index contributed by atoms with van der Waals surface area (Å²) in [6, 6.07) is 8.20. The van der Waals surface area contributed by atoms with Crippen molar-refractivity contribution in [2.24, 2.45) is 10.9 Å². The highest BCUT2D eigenvalue weighted by molar-refractivity contribution is 14.0. The van der Waals surface area contributed by atoms with Crippen molar-refractivity contribution < 1.29 is 4.79 Å². The molecule has 0 bridgehead atoms. The van der Waals surface area contributed by atoms with Gasteiger partial charge in [0.1, 0.15) is 6.54 Å². The summed E-state index contributed by atoms with van der Waals surface area (Å²) in [6.07, 6.45) is 0. The summed E-state index contributed by atoms with van der Waals surface area (Å²) in [4.78, 5) is 19.8. The summed E-state index contributed by atoms with van der Waals surface area (Å²) in [5, 5.41) is 3.34. The molecule has 0 atom stereocenters. The van der Waals surface area contributed by atoms with E-state index in [1.807, 2.05) is 24.1 Å². The van der Waals surface area contributed by atoms with Gasteiger partial charge in [-0.25, -0.2) is 4.99 Å². The number of carbonyl (C=O) groups excluding carboxylic acids is 1. The highest BCUT2D eigenvalue weighted by Crippen LogP contribution is 2.11. The van der Waals surface area contributed by atoms with E-state index in [1.165, 1.54) is 5.56 Å². The Kier molecular flexibility index (Phi) is 11.3. The first kappa shape index (κ1) is 23.2. The lowest BCUT2D eigenvalue weighted by Gasteiger charge is -2.23. The van der Waals surface area contributed by atoms with Crippen LogP contribution in [-0.2, 0) is 11.3 Å². The molecule has 1 aromatic carbocycles. The summed E-state index contributed by atoms with van der Waals surface area (Å²) < 4.78 is 1.06. The molecule has 1 aromatic rings. The number of nitrogens with one attached hydrogen (secondary N) is 1. The molecule has 0 aliphatic rings. The second-order valence-corrected chi connectivity index (χ2v) is 7.10. The first-order chi connectivity index (χ1) is 10.8. The maximum absolute atomic E-state index is 11.8. The standard InChI is InChI=1S/C17H27BrN4O.HI/c1-13(2)10-19-17(20-11-16(23)21(3)4)22(5)12-14-6-8-15(18)9-7-14;/h6-9,13H,10-12H2,1-5H3,(H,19,20);1H. The van der Waals surface area contributed by atoms with Gasteiger partial charge in [-0.05, 0) is 23.6 Å². The predicted octanol–water partition coefficient (Wildman–Crippen LogP) is 3.19. The van der Waals surface area contributed by atoms with E-state index in [0.29, 0.717) is 5.92 Å². The number of halogens is 2. The second kappa shape index (κ2) is 11.7. The molecule has 24 heavy (non-hydrogen) atoms. The topological polar surface area (TPSA) is 47.9 Å². The number of nitrogens with zero attached hydrogens (tertiary/aromatic N) is 3. The largest absolute Gasteiger partial charge is 0.356 e. The zero-order chi connectivity index (χ0) is 17.4. The number of hydrogen-bond donors (Lipinski definition) is 1. The maximum Gasteiger partial charge on any atom is 0.243 e. The van der Waals surface area contributed by atoms with Gasteiger partial charge < -0.3 is 15.1 Å². The van der Waals surface area contributed by atoms with E-state index in [-0.39, 0.29) is 36.4 Å². The number of likely N-dealkylation sites (N-methyl/N-ethyl adjacent to an activating group) is 1. The van der Waals surface area contributed by atoms with Crippen molar-refractivity contribution in [2.45, 2.75) is 20.4 Å². The molecule has 0 unspecified atom stereocenters. The van der Waals surface area contributed by atoms with Gasteiger partial charge in [0.15, 0.2) is 5.96 Å². The molecule has 1 amide bonds. The van der Waals surface area contributed by atoms with Gasteiger partial charge in [0.05, 0.1) is 0 Å². The fourth-order valence-corrected chi connectivity index (χ4v) is 2.09. The van der Waals surface area contributed by atoms with Crippen LogP contribution in [0.15, 0.2) is 33.7 Å². The van der Waals surface area contributed by atoms with Gasteiger partial charge in [0.2, 0.25) is 5.91 Å². The highest BCUT2D eigenvalue weighted by atomic mass is 127.